The van der Waals surface area contributed by atoms with Gasteiger partial charge in [0.25, 0.3) is 0 Å². The summed E-state index contributed by atoms with van der Waals surface area (Å²) in [6, 6.07) is 0. The fourth-order valence-corrected chi connectivity index (χ4v) is 3.00. The van der Waals surface area contributed by atoms with Gasteiger partial charge in [-0.2, -0.15) is 0 Å². The van der Waals surface area contributed by atoms with Gasteiger partial charge in [-0.3, -0.25) is 4.99 Å². The highest BCUT2D eigenvalue weighted by atomic mass is 14.9. The maximum atomic E-state index is 4.52. The number of rotatable bonds is 0. The highest BCUT2D eigenvalue weighted by Gasteiger charge is 2.37. The Morgan fingerprint density at radius 1 is 1.31 bits per heavy atom. The van der Waals surface area contributed by atoms with Crippen molar-refractivity contribution in [3.8, 4) is 0 Å². The average molecular weight is 176 g/mol. The summed E-state index contributed by atoms with van der Waals surface area (Å²) in [6.07, 6.45) is 8.08. The van der Waals surface area contributed by atoms with Crippen LogP contribution in [0.1, 0.15) is 19.3 Å². The van der Waals surface area contributed by atoms with E-state index in [1.165, 1.54) is 38.1 Å². The molecule has 0 aromatic rings. The Kier molecular flexibility index (Phi) is 1.76. The molecule has 1 unspecified atom stereocenters. The third kappa shape index (κ3) is 1.24. The fourth-order valence-electron chi connectivity index (χ4n) is 3.00. The van der Waals surface area contributed by atoms with E-state index in [4.69, 9.17) is 0 Å². The van der Waals surface area contributed by atoms with E-state index in [1.54, 1.807) is 0 Å². The maximum Gasteiger partial charge on any atom is 0.0227 e. The molecule has 2 heterocycles. The first-order valence-corrected chi connectivity index (χ1v) is 5.36. The van der Waals surface area contributed by atoms with Crippen LogP contribution in [0.15, 0.2) is 17.3 Å². The van der Waals surface area contributed by atoms with Crippen molar-refractivity contribution in [1.82, 2.24) is 5.32 Å². The Labute approximate surface area is 79.1 Å². The number of nitrogens with one attached hydrogen (secondary N) is 1. The molecule has 3 atom stereocenters. The van der Waals surface area contributed by atoms with Gasteiger partial charge in [-0.15, -0.1) is 0 Å². The number of fused-ring (bicyclic) bond motifs is 2. The van der Waals surface area contributed by atoms with Crippen LogP contribution >= 0.6 is 0 Å². The number of aliphatic imine (C=N–C) groups is 1. The molecular weight excluding hydrogens is 160 g/mol. The Bertz CT molecular complexity index is 267. The predicted octanol–water partition coefficient (Wildman–Crippen LogP) is 1.59. The van der Waals surface area contributed by atoms with Gasteiger partial charge >= 0.3 is 0 Å². The van der Waals surface area contributed by atoms with Crippen LogP contribution in [0.2, 0.25) is 0 Å². The van der Waals surface area contributed by atoms with Gasteiger partial charge in [0.15, 0.2) is 0 Å². The lowest BCUT2D eigenvalue weighted by Gasteiger charge is -2.33. The van der Waals surface area contributed by atoms with E-state index in [1.807, 2.05) is 6.20 Å². The quantitative estimate of drug-likeness (QED) is 0.595. The van der Waals surface area contributed by atoms with Crippen molar-refractivity contribution >= 4 is 5.71 Å². The van der Waals surface area contributed by atoms with E-state index in [0.717, 1.165) is 17.8 Å². The van der Waals surface area contributed by atoms with Crippen LogP contribution in [0.25, 0.3) is 0 Å². The molecule has 1 N–H and O–H groups in total. The minimum Gasteiger partial charge on any atom is -0.316 e. The second-order valence-corrected chi connectivity index (χ2v) is 4.56. The largest absolute Gasteiger partial charge is 0.316 e. The summed E-state index contributed by atoms with van der Waals surface area (Å²) in [7, 11) is 0. The molecule has 1 saturated carbocycles. The zero-order chi connectivity index (χ0) is 8.67. The van der Waals surface area contributed by atoms with Crippen molar-refractivity contribution in [2.45, 2.75) is 19.3 Å². The third-order valence-electron chi connectivity index (χ3n) is 3.78. The molecule has 0 aromatic carbocycles. The zero-order valence-corrected chi connectivity index (χ0v) is 7.87. The molecule has 1 aliphatic carbocycles. The predicted molar refractivity (Wildman–Crippen MR) is 53.8 cm³/mol. The van der Waals surface area contributed by atoms with E-state index >= 15 is 0 Å². The molecular formula is C11H16N2. The summed E-state index contributed by atoms with van der Waals surface area (Å²) in [6.45, 7) is 2.47. The van der Waals surface area contributed by atoms with E-state index < -0.39 is 0 Å². The standard InChI is InChI=1S/C11H16N2/c1-2-8-4-9-6-12-7-10(9)5-11(8)13-3-1/h1,3,8-10,12H,2,4-7H2/t8-,9?,10-/m1/s1. The first-order valence-electron chi connectivity index (χ1n) is 5.36. The van der Waals surface area contributed by atoms with Gasteiger partial charge in [-0.25, -0.2) is 0 Å². The monoisotopic (exact) mass is 176 g/mol. The molecule has 2 fully saturated rings. The molecule has 0 spiro atoms. The topological polar surface area (TPSA) is 24.4 Å². The van der Waals surface area contributed by atoms with Crippen molar-refractivity contribution in [1.29, 1.82) is 0 Å². The van der Waals surface area contributed by atoms with E-state index in [-0.39, 0.29) is 0 Å². The smallest absolute Gasteiger partial charge is 0.0227 e. The van der Waals surface area contributed by atoms with E-state index in [9.17, 15) is 0 Å². The minimum absolute atomic E-state index is 0.783. The second kappa shape index (κ2) is 2.95. The minimum atomic E-state index is 0.783. The van der Waals surface area contributed by atoms with Gasteiger partial charge in [-0.1, -0.05) is 6.08 Å². The third-order valence-corrected chi connectivity index (χ3v) is 3.78. The van der Waals surface area contributed by atoms with Gasteiger partial charge in [0.2, 0.25) is 0 Å². The summed E-state index contributed by atoms with van der Waals surface area (Å²) in [5, 5.41) is 3.50. The van der Waals surface area contributed by atoms with Crippen LogP contribution in [0.5, 0.6) is 0 Å². The molecule has 0 amide bonds. The SMILES string of the molecule is C1=CN=C2C[C@@H]3CNCC3C[C@H]2C1. The molecule has 0 bridgehead atoms. The highest BCUT2D eigenvalue weighted by Crippen LogP contribution is 2.37. The Morgan fingerprint density at radius 2 is 2.23 bits per heavy atom. The van der Waals surface area contributed by atoms with Crippen LogP contribution in [0, 0.1) is 17.8 Å². The summed E-state index contributed by atoms with van der Waals surface area (Å²) >= 11 is 0. The fraction of sp³-hybridized carbons (Fsp3) is 0.727. The number of nitrogens with zero attached hydrogens (tertiary/aromatic N) is 1. The van der Waals surface area contributed by atoms with Gasteiger partial charge < -0.3 is 5.32 Å². The van der Waals surface area contributed by atoms with Crippen LogP contribution in [-0.2, 0) is 0 Å². The lowest BCUT2D eigenvalue weighted by molar-refractivity contribution is 0.330. The lowest BCUT2D eigenvalue weighted by atomic mass is 9.73. The average Bonchev–Trinajstić information content (AvgIpc) is 2.61. The molecule has 13 heavy (non-hydrogen) atoms. The highest BCUT2D eigenvalue weighted by molar-refractivity contribution is 5.89. The molecule has 2 aliphatic heterocycles. The number of allylic oxidation sites excluding steroid dienone is 1. The van der Waals surface area contributed by atoms with E-state index in [2.05, 4.69) is 16.4 Å². The van der Waals surface area contributed by atoms with Gasteiger partial charge in [0, 0.05) is 17.8 Å². The Balaban J connectivity index is 1.83. The van der Waals surface area contributed by atoms with Crippen LogP contribution in [0.4, 0.5) is 0 Å². The number of hydrogen-bond donors (Lipinski definition) is 1. The first-order chi connectivity index (χ1) is 6.43. The molecule has 2 heteroatoms. The van der Waals surface area contributed by atoms with Gasteiger partial charge in [0.05, 0.1) is 0 Å². The van der Waals surface area contributed by atoms with Crippen molar-refractivity contribution < 1.29 is 0 Å². The molecule has 0 aromatic heterocycles. The van der Waals surface area contributed by atoms with Gasteiger partial charge in [0.1, 0.15) is 0 Å². The van der Waals surface area contributed by atoms with E-state index in [0.29, 0.717) is 0 Å². The van der Waals surface area contributed by atoms with Crippen LogP contribution in [-0.4, -0.2) is 18.8 Å². The van der Waals surface area contributed by atoms with Crippen LogP contribution in [0.3, 0.4) is 0 Å². The van der Waals surface area contributed by atoms with Crippen molar-refractivity contribution in [3.63, 3.8) is 0 Å². The summed E-state index contributed by atoms with van der Waals surface area (Å²) < 4.78 is 0. The first kappa shape index (κ1) is 7.74. The maximum absolute atomic E-state index is 4.52. The Hall–Kier alpha value is -0.630. The summed E-state index contributed by atoms with van der Waals surface area (Å²) in [5.74, 6) is 2.61. The van der Waals surface area contributed by atoms with Gasteiger partial charge in [-0.05, 0) is 44.2 Å². The normalized spacial score (nSPS) is 42.5. The molecule has 70 valence electrons. The molecule has 2 nitrogen and oxygen atoms in total. The lowest BCUT2D eigenvalue weighted by Crippen LogP contribution is -2.31. The number of hydrogen-bond acceptors (Lipinski definition) is 2. The van der Waals surface area contributed by atoms with Crippen LogP contribution < -0.4 is 5.32 Å². The second-order valence-electron chi connectivity index (χ2n) is 4.56. The molecule has 1 saturated heterocycles. The molecule has 0 radical (unpaired) electrons. The molecule has 3 rings (SSSR count). The van der Waals surface area contributed by atoms with Crippen molar-refractivity contribution in [3.05, 3.63) is 12.3 Å². The summed E-state index contributed by atoms with van der Waals surface area (Å²) in [5.41, 5.74) is 1.48. The van der Waals surface area contributed by atoms with Crippen molar-refractivity contribution in [2.75, 3.05) is 13.1 Å². The summed E-state index contributed by atoms with van der Waals surface area (Å²) in [4.78, 5) is 4.52. The zero-order valence-electron chi connectivity index (χ0n) is 7.87. The van der Waals surface area contributed by atoms with Crippen molar-refractivity contribution in [2.24, 2.45) is 22.7 Å². The molecule has 3 aliphatic rings. The Morgan fingerprint density at radius 3 is 3.23 bits per heavy atom.